The molecule has 0 spiro atoms. The first-order chi connectivity index (χ1) is 23.8. The van der Waals surface area contributed by atoms with Gasteiger partial charge >= 0.3 is 0 Å². The number of amides is 3. The minimum absolute atomic E-state index is 0.123. The Kier molecular flexibility index (Phi) is 6.34. The number of aromatic nitrogens is 5. The van der Waals surface area contributed by atoms with Gasteiger partial charge in [-0.25, -0.2) is 9.97 Å². The SMILES string of the molecule is CCNC(=O)c1nnc2ccc3nc(-c4ccc([C@]5(N6C(=O)c7ccccc7C6=O)C[C@@](O)(C6CC6)C5)cc4)c(-c4ccccc4)nc3n12. The summed E-state index contributed by atoms with van der Waals surface area (Å²) in [7, 11) is 0. The Morgan fingerprint density at radius 3 is 2.10 bits per heavy atom. The number of carbonyl (C=O) groups is 3. The van der Waals surface area contributed by atoms with Gasteiger partial charge in [0, 0.05) is 30.5 Å². The zero-order chi connectivity index (χ0) is 33.5. The van der Waals surface area contributed by atoms with Crippen LogP contribution in [0.15, 0.2) is 91.0 Å². The number of hydrogen-bond donors (Lipinski definition) is 2. The molecule has 6 aromatic rings. The Labute approximate surface area is 280 Å². The topological polar surface area (TPSA) is 143 Å². The highest BCUT2D eigenvalue weighted by Gasteiger charge is 2.66. The maximum absolute atomic E-state index is 13.8. The molecule has 0 atom stereocenters. The molecule has 2 saturated carbocycles. The zero-order valence-corrected chi connectivity index (χ0v) is 26.6. The Balaban J connectivity index is 1.17. The van der Waals surface area contributed by atoms with Crippen LogP contribution in [-0.4, -0.2) is 64.4 Å². The minimum atomic E-state index is -0.976. The van der Waals surface area contributed by atoms with Crippen molar-refractivity contribution in [2.45, 2.75) is 43.7 Å². The molecule has 0 radical (unpaired) electrons. The van der Waals surface area contributed by atoms with Crippen molar-refractivity contribution in [3.05, 3.63) is 114 Å². The summed E-state index contributed by atoms with van der Waals surface area (Å²) in [6, 6.07) is 27.9. The van der Waals surface area contributed by atoms with Crippen LogP contribution in [0.5, 0.6) is 0 Å². The average molecular weight is 650 g/mol. The number of aliphatic hydroxyl groups is 1. The van der Waals surface area contributed by atoms with Gasteiger partial charge in [0.05, 0.1) is 33.7 Å². The van der Waals surface area contributed by atoms with Crippen LogP contribution in [0.25, 0.3) is 39.3 Å². The largest absolute Gasteiger partial charge is 0.389 e. The van der Waals surface area contributed by atoms with Gasteiger partial charge in [0.1, 0.15) is 5.52 Å². The van der Waals surface area contributed by atoms with Gasteiger partial charge in [-0.15, -0.1) is 10.2 Å². The van der Waals surface area contributed by atoms with E-state index in [-0.39, 0.29) is 29.5 Å². The van der Waals surface area contributed by atoms with Crippen molar-refractivity contribution in [3.63, 3.8) is 0 Å². The molecule has 2 N–H and O–H groups in total. The maximum Gasteiger partial charge on any atom is 0.289 e. The van der Waals surface area contributed by atoms with Crippen molar-refractivity contribution in [1.82, 2.24) is 34.8 Å². The summed E-state index contributed by atoms with van der Waals surface area (Å²) in [5.41, 5.74) is 3.97. The van der Waals surface area contributed by atoms with Crippen LogP contribution in [-0.2, 0) is 5.54 Å². The highest BCUT2D eigenvalue weighted by molar-refractivity contribution is 6.22. The molecule has 242 valence electrons. The lowest BCUT2D eigenvalue weighted by atomic mass is 9.58. The number of imide groups is 1. The van der Waals surface area contributed by atoms with Crippen LogP contribution < -0.4 is 5.32 Å². The summed E-state index contributed by atoms with van der Waals surface area (Å²) in [6.45, 7) is 2.28. The number of rotatable bonds is 7. The molecule has 3 aromatic heterocycles. The van der Waals surface area contributed by atoms with E-state index in [4.69, 9.17) is 9.97 Å². The number of hydrogen-bond acceptors (Lipinski definition) is 8. The third-order valence-electron chi connectivity index (χ3n) is 10.2. The zero-order valence-electron chi connectivity index (χ0n) is 26.6. The molecule has 0 unspecified atom stereocenters. The average Bonchev–Trinajstić information content (AvgIpc) is 3.84. The van der Waals surface area contributed by atoms with Crippen molar-refractivity contribution in [3.8, 4) is 22.5 Å². The number of benzene rings is 3. The van der Waals surface area contributed by atoms with Crippen LogP contribution in [0.3, 0.4) is 0 Å². The molecule has 11 heteroatoms. The van der Waals surface area contributed by atoms with Crippen molar-refractivity contribution >= 4 is 34.5 Å². The van der Waals surface area contributed by atoms with Gasteiger partial charge < -0.3 is 10.4 Å². The second-order valence-corrected chi connectivity index (χ2v) is 13.2. The second kappa shape index (κ2) is 10.6. The quantitative estimate of drug-likeness (QED) is 0.225. The maximum atomic E-state index is 13.8. The van der Waals surface area contributed by atoms with E-state index in [0.29, 0.717) is 58.7 Å². The molecule has 0 bridgehead atoms. The lowest BCUT2D eigenvalue weighted by Crippen LogP contribution is -2.65. The number of fused-ring (bicyclic) bond motifs is 4. The Morgan fingerprint density at radius 2 is 1.45 bits per heavy atom. The Morgan fingerprint density at radius 1 is 0.816 bits per heavy atom. The van der Waals surface area contributed by atoms with Gasteiger partial charge in [0.15, 0.2) is 11.3 Å². The molecule has 2 aliphatic carbocycles. The molecule has 9 rings (SSSR count). The van der Waals surface area contributed by atoms with E-state index in [9.17, 15) is 19.5 Å². The van der Waals surface area contributed by atoms with E-state index in [0.717, 1.165) is 29.5 Å². The van der Waals surface area contributed by atoms with Gasteiger partial charge in [0.2, 0.25) is 5.82 Å². The predicted molar refractivity (Wildman–Crippen MR) is 180 cm³/mol. The molecule has 3 amide bonds. The second-order valence-electron chi connectivity index (χ2n) is 13.2. The van der Waals surface area contributed by atoms with Crippen LogP contribution in [0.2, 0.25) is 0 Å². The van der Waals surface area contributed by atoms with Crippen LogP contribution in [0.4, 0.5) is 0 Å². The molecule has 49 heavy (non-hydrogen) atoms. The summed E-state index contributed by atoms with van der Waals surface area (Å²) in [5, 5.41) is 22.7. The van der Waals surface area contributed by atoms with E-state index in [1.54, 1.807) is 34.7 Å². The Bertz CT molecular complexity index is 2310. The first kappa shape index (κ1) is 29.3. The molecule has 3 aromatic carbocycles. The van der Waals surface area contributed by atoms with Gasteiger partial charge in [-0.3, -0.25) is 23.7 Å². The van der Waals surface area contributed by atoms with E-state index in [1.165, 1.54) is 4.90 Å². The molecule has 1 aliphatic heterocycles. The van der Waals surface area contributed by atoms with Gasteiger partial charge in [-0.05, 0) is 55.5 Å². The number of pyridine rings is 1. The summed E-state index contributed by atoms with van der Waals surface area (Å²) >= 11 is 0. The molecule has 0 saturated heterocycles. The molecule has 2 fully saturated rings. The first-order valence-corrected chi connectivity index (χ1v) is 16.5. The monoisotopic (exact) mass is 649 g/mol. The van der Waals surface area contributed by atoms with E-state index >= 15 is 0 Å². The summed E-state index contributed by atoms with van der Waals surface area (Å²) in [6.07, 6.45) is 2.48. The third kappa shape index (κ3) is 4.35. The number of carbonyl (C=O) groups excluding carboxylic acids is 3. The summed E-state index contributed by atoms with van der Waals surface area (Å²) in [5.74, 6) is -0.718. The van der Waals surface area contributed by atoms with Crippen molar-refractivity contribution < 1.29 is 19.5 Å². The normalized spacial score (nSPS) is 21.6. The fourth-order valence-electron chi connectivity index (χ4n) is 7.75. The molecule has 4 heterocycles. The van der Waals surface area contributed by atoms with E-state index in [2.05, 4.69) is 15.5 Å². The van der Waals surface area contributed by atoms with Gasteiger partial charge in [-0.2, -0.15) is 0 Å². The predicted octanol–water partition coefficient (Wildman–Crippen LogP) is 5.18. The molecule has 11 nitrogen and oxygen atoms in total. The first-order valence-electron chi connectivity index (χ1n) is 16.5. The van der Waals surface area contributed by atoms with Crippen LogP contribution in [0.1, 0.15) is 69.5 Å². The summed E-state index contributed by atoms with van der Waals surface area (Å²) in [4.78, 5) is 52.0. The number of nitrogens with zero attached hydrogens (tertiary/aromatic N) is 6. The van der Waals surface area contributed by atoms with Crippen molar-refractivity contribution in [2.75, 3.05) is 6.54 Å². The van der Waals surface area contributed by atoms with E-state index in [1.807, 2.05) is 67.6 Å². The van der Waals surface area contributed by atoms with E-state index < -0.39 is 11.1 Å². The van der Waals surface area contributed by atoms with Gasteiger partial charge in [0.25, 0.3) is 17.7 Å². The summed E-state index contributed by atoms with van der Waals surface area (Å²) < 4.78 is 1.62. The van der Waals surface area contributed by atoms with Gasteiger partial charge in [-0.1, -0.05) is 66.7 Å². The fraction of sp³-hybridized carbons (Fsp3) is 0.237. The molecular weight excluding hydrogens is 618 g/mol. The van der Waals surface area contributed by atoms with Crippen molar-refractivity contribution in [1.29, 1.82) is 0 Å². The molecule has 3 aliphatic rings. The smallest absolute Gasteiger partial charge is 0.289 e. The minimum Gasteiger partial charge on any atom is -0.389 e. The lowest BCUT2D eigenvalue weighted by Gasteiger charge is -2.57. The lowest BCUT2D eigenvalue weighted by molar-refractivity contribution is -0.143. The highest BCUT2D eigenvalue weighted by atomic mass is 16.3. The third-order valence-corrected chi connectivity index (χ3v) is 10.2. The van der Waals surface area contributed by atoms with Crippen LogP contribution >= 0.6 is 0 Å². The number of nitrogens with one attached hydrogen (secondary N) is 1. The highest BCUT2D eigenvalue weighted by Crippen LogP contribution is 2.61. The standard InChI is InChI=1S/C38H31N7O4/c1-2-39-34(46)33-43-42-29-19-18-28-32(44(29)33)41-31(22-8-4-3-5-9-22)30(40-28)23-12-14-24(15-13-23)37(20-38(49,21-37)25-16-17-25)45-35(47)26-10-6-7-11-27(26)36(45)48/h3-15,18-19,25,49H,2,16-17,20-21H2,1H3,(H,39,46)/t37-,38-. The fourth-order valence-corrected chi connectivity index (χ4v) is 7.75. The Hall–Kier alpha value is -5.81. The van der Waals surface area contributed by atoms with Crippen LogP contribution in [0, 0.1) is 5.92 Å². The van der Waals surface area contributed by atoms with Crippen molar-refractivity contribution in [2.24, 2.45) is 5.92 Å². The molecular formula is C38H31N7O4.